The second-order valence-corrected chi connectivity index (χ2v) is 2.49. The fraction of sp³-hybridized carbons (Fsp3) is 0.714. The van der Waals surface area contributed by atoms with Crippen LogP contribution in [0, 0.1) is 0 Å². The van der Waals surface area contributed by atoms with E-state index in [1.165, 1.54) is 12.8 Å². The van der Waals surface area contributed by atoms with Gasteiger partial charge in [0, 0.05) is 0 Å². The molecule has 0 saturated heterocycles. The number of hydrogen-bond donors (Lipinski definition) is 1. The van der Waals surface area contributed by atoms with Crippen LogP contribution < -0.4 is 5.73 Å². The molecule has 2 heteroatoms. The highest BCUT2D eigenvalue weighted by Gasteiger charge is 2.15. The van der Waals surface area contributed by atoms with E-state index >= 15 is 0 Å². The lowest BCUT2D eigenvalue weighted by Crippen LogP contribution is -2.11. The summed E-state index contributed by atoms with van der Waals surface area (Å²) >= 11 is 0. The molecule has 9 heavy (non-hydrogen) atoms. The van der Waals surface area contributed by atoms with E-state index < -0.39 is 0 Å². The van der Waals surface area contributed by atoms with Gasteiger partial charge in [-0.3, -0.25) is 0 Å². The molecule has 0 aromatic carbocycles. The lowest BCUT2D eigenvalue weighted by Gasteiger charge is -2.10. The Morgan fingerprint density at radius 3 is 2.44 bits per heavy atom. The van der Waals surface area contributed by atoms with Crippen molar-refractivity contribution in [3.05, 3.63) is 12.5 Å². The van der Waals surface area contributed by atoms with Crippen LogP contribution in [0.5, 0.6) is 0 Å². The molecular formula is C7H13NO. The van der Waals surface area contributed by atoms with E-state index in [0.717, 1.165) is 12.8 Å². The van der Waals surface area contributed by atoms with Crippen LogP contribution in [0.4, 0.5) is 0 Å². The molecule has 0 amide bonds. The Morgan fingerprint density at radius 1 is 1.44 bits per heavy atom. The van der Waals surface area contributed by atoms with Crippen molar-refractivity contribution in [1.82, 2.24) is 0 Å². The van der Waals surface area contributed by atoms with Gasteiger partial charge in [-0.15, -0.1) is 0 Å². The molecule has 0 spiro atoms. The highest BCUT2D eigenvalue weighted by molar-refractivity contribution is 4.77. The minimum absolute atomic E-state index is 0.363. The quantitative estimate of drug-likeness (QED) is 0.569. The highest BCUT2D eigenvalue weighted by Crippen LogP contribution is 2.21. The highest BCUT2D eigenvalue weighted by atomic mass is 16.5. The first-order chi connectivity index (χ1) is 4.29. The Hall–Kier alpha value is -0.660. The minimum atomic E-state index is 0.363. The molecule has 1 rings (SSSR count). The number of nitrogens with two attached hydrogens (primary N) is 1. The molecule has 1 aliphatic carbocycles. The van der Waals surface area contributed by atoms with Gasteiger partial charge in [0.1, 0.15) is 6.10 Å². The third-order valence-corrected chi connectivity index (χ3v) is 1.62. The summed E-state index contributed by atoms with van der Waals surface area (Å²) in [5.41, 5.74) is 5.26. The van der Waals surface area contributed by atoms with Crippen molar-refractivity contribution in [2.75, 3.05) is 0 Å². The summed E-state index contributed by atoms with van der Waals surface area (Å²) in [5.74, 6) is 0.363. The van der Waals surface area contributed by atoms with Crippen LogP contribution in [0.15, 0.2) is 12.5 Å². The fourth-order valence-electron chi connectivity index (χ4n) is 1.22. The van der Waals surface area contributed by atoms with E-state index in [9.17, 15) is 0 Å². The van der Waals surface area contributed by atoms with E-state index in [1.54, 1.807) is 0 Å². The van der Waals surface area contributed by atoms with Crippen LogP contribution >= 0.6 is 0 Å². The van der Waals surface area contributed by atoms with Crippen LogP contribution in [-0.2, 0) is 4.74 Å². The molecule has 1 aliphatic rings. The molecule has 0 aromatic rings. The van der Waals surface area contributed by atoms with Gasteiger partial charge in [-0.1, -0.05) is 0 Å². The van der Waals surface area contributed by atoms with Gasteiger partial charge in [0.05, 0.1) is 0 Å². The van der Waals surface area contributed by atoms with Crippen molar-refractivity contribution in [2.45, 2.75) is 31.8 Å². The molecule has 0 radical (unpaired) electrons. The van der Waals surface area contributed by atoms with Gasteiger partial charge in [-0.2, -0.15) is 0 Å². The van der Waals surface area contributed by atoms with Crippen LogP contribution in [-0.4, -0.2) is 6.10 Å². The number of rotatable bonds is 2. The maximum atomic E-state index is 5.26. The minimum Gasteiger partial charge on any atom is -0.477 e. The Labute approximate surface area is 55.7 Å². The van der Waals surface area contributed by atoms with Crippen molar-refractivity contribution < 1.29 is 4.74 Å². The van der Waals surface area contributed by atoms with E-state index in [4.69, 9.17) is 10.5 Å². The Morgan fingerprint density at radius 2 is 2.00 bits per heavy atom. The van der Waals surface area contributed by atoms with Gasteiger partial charge < -0.3 is 10.5 Å². The monoisotopic (exact) mass is 127 g/mol. The summed E-state index contributed by atoms with van der Waals surface area (Å²) in [7, 11) is 0. The number of ether oxygens (including phenoxy) is 1. The summed E-state index contributed by atoms with van der Waals surface area (Å²) in [4.78, 5) is 0. The molecule has 0 heterocycles. The first-order valence-corrected chi connectivity index (χ1v) is 3.40. The zero-order valence-corrected chi connectivity index (χ0v) is 5.60. The first kappa shape index (κ1) is 6.46. The average molecular weight is 127 g/mol. The molecular weight excluding hydrogens is 114 g/mol. The van der Waals surface area contributed by atoms with Crippen molar-refractivity contribution in [1.29, 1.82) is 0 Å². The fourth-order valence-corrected chi connectivity index (χ4v) is 1.22. The summed E-state index contributed by atoms with van der Waals surface area (Å²) in [6, 6.07) is 0. The maximum absolute atomic E-state index is 5.26. The molecule has 2 N–H and O–H groups in total. The van der Waals surface area contributed by atoms with Crippen LogP contribution in [0.3, 0.4) is 0 Å². The SMILES string of the molecule is C=C(N)OC1CCCC1. The van der Waals surface area contributed by atoms with Crippen LogP contribution in [0.2, 0.25) is 0 Å². The maximum Gasteiger partial charge on any atom is 0.176 e. The lowest BCUT2D eigenvalue weighted by atomic mass is 10.3. The molecule has 0 aromatic heterocycles. The molecule has 2 nitrogen and oxygen atoms in total. The van der Waals surface area contributed by atoms with Crippen LogP contribution in [0.25, 0.3) is 0 Å². The van der Waals surface area contributed by atoms with E-state index in [0.29, 0.717) is 12.0 Å². The zero-order valence-electron chi connectivity index (χ0n) is 5.60. The second-order valence-electron chi connectivity index (χ2n) is 2.49. The van der Waals surface area contributed by atoms with Gasteiger partial charge in [0.15, 0.2) is 5.88 Å². The van der Waals surface area contributed by atoms with Crippen LogP contribution in [0.1, 0.15) is 25.7 Å². The number of hydrogen-bond acceptors (Lipinski definition) is 2. The predicted molar refractivity (Wildman–Crippen MR) is 36.7 cm³/mol. The molecule has 1 fully saturated rings. The van der Waals surface area contributed by atoms with Crippen molar-refractivity contribution in [3.8, 4) is 0 Å². The summed E-state index contributed by atoms with van der Waals surface area (Å²) in [5, 5.41) is 0. The summed E-state index contributed by atoms with van der Waals surface area (Å²) < 4.78 is 5.19. The normalized spacial score (nSPS) is 20.0. The third-order valence-electron chi connectivity index (χ3n) is 1.62. The van der Waals surface area contributed by atoms with E-state index in [-0.39, 0.29) is 0 Å². The van der Waals surface area contributed by atoms with E-state index in [1.807, 2.05) is 0 Å². The topological polar surface area (TPSA) is 35.2 Å². The standard InChI is InChI=1S/C7H13NO/c1-6(8)9-7-4-2-3-5-7/h7H,1-5,8H2. The Kier molecular flexibility index (Phi) is 1.98. The third kappa shape index (κ3) is 1.96. The molecule has 0 aliphatic heterocycles. The smallest absolute Gasteiger partial charge is 0.176 e. The molecule has 52 valence electrons. The molecule has 1 saturated carbocycles. The summed E-state index contributed by atoms with van der Waals surface area (Å²) in [6.45, 7) is 3.47. The van der Waals surface area contributed by atoms with Gasteiger partial charge in [0.25, 0.3) is 0 Å². The first-order valence-electron chi connectivity index (χ1n) is 3.40. The molecule has 0 atom stereocenters. The molecule has 0 unspecified atom stereocenters. The van der Waals surface area contributed by atoms with Gasteiger partial charge in [-0.05, 0) is 32.3 Å². The zero-order chi connectivity index (χ0) is 6.69. The Bertz CT molecular complexity index is 105. The largest absolute Gasteiger partial charge is 0.477 e. The average Bonchev–Trinajstić information content (AvgIpc) is 2.15. The van der Waals surface area contributed by atoms with Gasteiger partial charge >= 0.3 is 0 Å². The van der Waals surface area contributed by atoms with Gasteiger partial charge in [0.2, 0.25) is 0 Å². The predicted octanol–water partition coefficient (Wildman–Crippen LogP) is 1.38. The van der Waals surface area contributed by atoms with E-state index in [2.05, 4.69) is 6.58 Å². The van der Waals surface area contributed by atoms with Crippen molar-refractivity contribution >= 4 is 0 Å². The van der Waals surface area contributed by atoms with Gasteiger partial charge in [-0.25, -0.2) is 0 Å². The Balaban J connectivity index is 2.19. The molecule has 0 bridgehead atoms. The second kappa shape index (κ2) is 2.76. The lowest BCUT2D eigenvalue weighted by molar-refractivity contribution is 0.121. The van der Waals surface area contributed by atoms with Crippen molar-refractivity contribution in [3.63, 3.8) is 0 Å². The summed E-state index contributed by atoms with van der Waals surface area (Å²) in [6.07, 6.45) is 5.21. The van der Waals surface area contributed by atoms with Crippen molar-refractivity contribution in [2.24, 2.45) is 5.73 Å².